The Labute approximate surface area is 58.0 Å². The molecule has 1 aliphatic carbocycles. The van der Waals surface area contributed by atoms with E-state index in [0.717, 1.165) is 17.8 Å². The fourth-order valence-electron chi connectivity index (χ4n) is 1.17. The minimum Gasteiger partial charge on any atom is -0.0807 e. The first-order valence-corrected chi connectivity index (χ1v) is 3.94. The molecule has 0 heteroatoms. The Morgan fingerprint density at radius 1 is 1.33 bits per heavy atom. The van der Waals surface area contributed by atoms with Crippen LogP contribution in [0.4, 0.5) is 0 Å². The Bertz CT molecular complexity index is 107. The van der Waals surface area contributed by atoms with E-state index >= 15 is 0 Å². The number of allylic oxidation sites excluding steroid dienone is 2. The third kappa shape index (κ3) is 1.57. The van der Waals surface area contributed by atoms with E-state index in [-0.39, 0.29) is 0 Å². The molecule has 1 rings (SSSR count). The highest BCUT2D eigenvalue weighted by Crippen LogP contribution is 2.32. The number of hydrogen-bond acceptors (Lipinski definition) is 0. The molecule has 9 heavy (non-hydrogen) atoms. The fourth-order valence-corrected chi connectivity index (χ4v) is 1.17. The summed E-state index contributed by atoms with van der Waals surface area (Å²) in [5.74, 6) is 2.62. The van der Waals surface area contributed by atoms with E-state index in [1.54, 1.807) is 0 Å². The van der Waals surface area contributed by atoms with Crippen LogP contribution in [0.1, 0.15) is 27.2 Å². The maximum Gasteiger partial charge on any atom is -0.00249 e. The molecule has 0 nitrogen and oxygen atoms in total. The van der Waals surface area contributed by atoms with E-state index in [1.807, 2.05) is 0 Å². The van der Waals surface area contributed by atoms with Gasteiger partial charge in [-0.25, -0.2) is 0 Å². The second-order valence-corrected chi connectivity index (χ2v) is 3.21. The lowest BCUT2D eigenvalue weighted by Crippen LogP contribution is -2.09. The average molecular weight is 124 g/mol. The summed E-state index contributed by atoms with van der Waals surface area (Å²) in [4.78, 5) is 0. The van der Waals surface area contributed by atoms with Crippen LogP contribution >= 0.6 is 0 Å². The van der Waals surface area contributed by atoms with Crippen molar-refractivity contribution >= 4 is 0 Å². The quantitative estimate of drug-likeness (QED) is 0.507. The predicted octanol–water partition coefficient (Wildman–Crippen LogP) is 2.85. The summed E-state index contributed by atoms with van der Waals surface area (Å²) in [6.45, 7) is 6.95. The Morgan fingerprint density at radius 3 is 2.22 bits per heavy atom. The Hall–Kier alpha value is -0.260. The van der Waals surface area contributed by atoms with Crippen LogP contribution in [0.2, 0.25) is 0 Å². The smallest absolute Gasteiger partial charge is 0.00249 e. The molecule has 0 bridgehead atoms. The van der Waals surface area contributed by atoms with Gasteiger partial charge in [0.1, 0.15) is 0 Å². The van der Waals surface area contributed by atoms with Gasteiger partial charge < -0.3 is 0 Å². The maximum absolute atomic E-state index is 2.35. The van der Waals surface area contributed by atoms with Gasteiger partial charge in [0, 0.05) is 0 Å². The lowest BCUT2D eigenvalue weighted by atomic mass is 9.89. The molecule has 2 unspecified atom stereocenters. The molecule has 0 aromatic carbocycles. The zero-order chi connectivity index (χ0) is 6.85. The van der Waals surface area contributed by atoms with Crippen molar-refractivity contribution in [3.63, 3.8) is 0 Å². The standard InChI is InChI=1S/C9H16/c1-4-7(2)8(3)9-5-6-9/h5-9H,4H2,1-3H3. The van der Waals surface area contributed by atoms with Crippen LogP contribution < -0.4 is 0 Å². The zero-order valence-corrected chi connectivity index (χ0v) is 6.59. The van der Waals surface area contributed by atoms with Gasteiger partial charge in [-0.15, -0.1) is 0 Å². The van der Waals surface area contributed by atoms with Crippen molar-refractivity contribution in [3.05, 3.63) is 12.2 Å². The lowest BCUT2D eigenvalue weighted by Gasteiger charge is -2.16. The van der Waals surface area contributed by atoms with Crippen molar-refractivity contribution in [3.8, 4) is 0 Å². The molecule has 0 saturated heterocycles. The summed E-state index contributed by atoms with van der Waals surface area (Å²) in [7, 11) is 0. The van der Waals surface area contributed by atoms with Gasteiger partial charge in [-0.3, -0.25) is 0 Å². The van der Waals surface area contributed by atoms with Gasteiger partial charge in [-0.2, -0.15) is 0 Å². The summed E-state index contributed by atoms with van der Waals surface area (Å²) in [5.41, 5.74) is 0. The SMILES string of the molecule is CCC(C)C(C)C1C=C1. The molecule has 0 saturated carbocycles. The molecular weight excluding hydrogens is 108 g/mol. The molecule has 0 aromatic heterocycles. The Balaban J connectivity index is 2.23. The van der Waals surface area contributed by atoms with E-state index in [0.29, 0.717) is 0 Å². The first-order chi connectivity index (χ1) is 4.25. The molecule has 0 spiro atoms. The van der Waals surface area contributed by atoms with Crippen LogP contribution in [0.3, 0.4) is 0 Å². The van der Waals surface area contributed by atoms with E-state index in [4.69, 9.17) is 0 Å². The van der Waals surface area contributed by atoms with Gasteiger partial charge in [0.2, 0.25) is 0 Å². The monoisotopic (exact) mass is 124 g/mol. The molecule has 0 fully saturated rings. The average Bonchev–Trinajstić information content (AvgIpc) is 2.66. The Kier molecular flexibility index (Phi) is 1.94. The van der Waals surface area contributed by atoms with Crippen LogP contribution in [0, 0.1) is 17.8 Å². The first kappa shape index (κ1) is 6.85. The maximum atomic E-state index is 2.35. The van der Waals surface area contributed by atoms with Crippen molar-refractivity contribution in [2.24, 2.45) is 17.8 Å². The van der Waals surface area contributed by atoms with Gasteiger partial charge in [0.25, 0.3) is 0 Å². The molecule has 0 aliphatic heterocycles. The summed E-state index contributed by atoms with van der Waals surface area (Å²) in [6, 6.07) is 0. The molecule has 0 N–H and O–H groups in total. The molecule has 52 valence electrons. The van der Waals surface area contributed by atoms with Crippen molar-refractivity contribution in [2.45, 2.75) is 27.2 Å². The zero-order valence-electron chi connectivity index (χ0n) is 6.59. The Morgan fingerprint density at radius 2 is 1.89 bits per heavy atom. The van der Waals surface area contributed by atoms with Crippen molar-refractivity contribution in [2.75, 3.05) is 0 Å². The highest BCUT2D eigenvalue weighted by molar-refractivity contribution is 5.15. The number of hydrogen-bond donors (Lipinski definition) is 0. The van der Waals surface area contributed by atoms with Crippen molar-refractivity contribution in [1.29, 1.82) is 0 Å². The fraction of sp³-hybridized carbons (Fsp3) is 0.778. The minimum atomic E-state index is 0.847. The lowest BCUT2D eigenvalue weighted by molar-refractivity contribution is 0.353. The molecule has 0 aromatic rings. The van der Waals surface area contributed by atoms with Crippen LogP contribution in [-0.2, 0) is 0 Å². The molecule has 0 radical (unpaired) electrons. The molecule has 0 amide bonds. The van der Waals surface area contributed by atoms with Crippen LogP contribution in [0.15, 0.2) is 12.2 Å². The highest BCUT2D eigenvalue weighted by atomic mass is 14.3. The van der Waals surface area contributed by atoms with Gasteiger partial charge in [-0.05, 0) is 17.8 Å². The van der Waals surface area contributed by atoms with E-state index in [2.05, 4.69) is 32.9 Å². The van der Waals surface area contributed by atoms with Crippen LogP contribution in [0.25, 0.3) is 0 Å². The van der Waals surface area contributed by atoms with Gasteiger partial charge >= 0.3 is 0 Å². The van der Waals surface area contributed by atoms with E-state index in [1.165, 1.54) is 6.42 Å². The van der Waals surface area contributed by atoms with E-state index < -0.39 is 0 Å². The summed E-state index contributed by atoms with van der Waals surface area (Å²) < 4.78 is 0. The predicted molar refractivity (Wildman–Crippen MR) is 41.2 cm³/mol. The van der Waals surface area contributed by atoms with Crippen LogP contribution in [0.5, 0.6) is 0 Å². The second kappa shape index (κ2) is 2.55. The largest absolute Gasteiger partial charge is 0.0807 e. The summed E-state index contributed by atoms with van der Waals surface area (Å²) in [5, 5.41) is 0. The normalized spacial score (nSPS) is 23.9. The minimum absolute atomic E-state index is 0.847. The molecular formula is C9H16. The second-order valence-electron chi connectivity index (χ2n) is 3.21. The molecule has 2 atom stereocenters. The van der Waals surface area contributed by atoms with Gasteiger partial charge in [-0.1, -0.05) is 39.3 Å². The van der Waals surface area contributed by atoms with Crippen molar-refractivity contribution < 1.29 is 0 Å². The van der Waals surface area contributed by atoms with Gasteiger partial charge in [0.05, 0.1) is 0 Å². The van der Waals surface area contributed by atoms with Gasteiger partial charge in [0.15, 0.2) is 0 Å². The third-order valence-electron chi connectivity index (χ3n) is 2.56. The first-order valence-electron chi connectivity index (χ1n) is 3.94. The third-order valence-corrected chi connectivity index (χ3v) is 2.56. The molecule has 1 aliphatic rings. The topological polar surface area (TPSA) is 0 Å². The van der Waals surface area contributed by atoms with E-state index in [9.17, 15) is 0 Å². The molecule has 0 heterocycles. The van der Waals surface area contributed by atoms with Crippen molar-refractivity contribution in [1.82, 2.24) is 0 Å². The summed E-state index contributed by atoms with van der Waals surface area (Å²) in [6.07, 6.45) is 5.92. The highest BCUT2D eigenvalue weighted by Gasteiger charge is 2.22. The van der Waals surface area contributed by atoms with Crippen LogP contribution in [-0.4, -0.2) is 0 Å². The summed E-state index contributed by atoms with van der Waals surface area (Å²) >= 11 is 0. The number of rotatable bonds is 3.